The average Bonchev–Trinajstić information content (AvgIpc) is 2.45. The van der Waals surface area contributed by atoms with Crippen LogP contribution >= 0.6 is 51.3 Å². The number of amides is 1. The van der Waals surface area contributed by atoms with Gasteiger partial charge in [0.2, 0.25) is 0 Å². The number of aryl methyl sites for hydroxylation is 1. The lowest BCUT2D eigenvalue weighted by Gasteiger charge is -2.11. The van der Waals surface area contributed by atoms with Crippen LogP contribution in [0.1, 0.15) is 15.9 Å². The Morgan fingerprint density at radius 1 is 1.14 bits per heavy atom. The van der Waals surface area contributed by atoms with Crippen molar-refractivity contribution in [1.82, 2.24) is 5.32 Å². The number of hydrogen-bond acceptors (Lipinski definition) is 2. The van der Waals surface area contributed by atoms with Crippen LogP contribution in [0.15, 0.2) is 40.9 Å². The first-order valence-electron chi connectivity index (χ1n) is 6.20. The molecule has 0 unspecified atom stereocenters. The molecule has 7 heteroatoms. The summed E-state index contributed by atoms with van der Waals surface area (Å²) in [6.45, 7) is 1.87. The predicted molar refractivity (Wildman–Crippen MR) is 99.0 cm³/mol. The standard InChI is InChI=1S/C15H11BrCl2N2OS/c1-8-2-3-9(6-11(8)17)14(21)20-15(22)19-13-5-4-10(16)7-12(13)18/h2-7H,1H3,(H2,19,20,21,22). The van der Waals surface area contributed by atoms with Crippen LogP contribution in [0.3, 0.4) is 0 Å². The molecule has 0 fully saturated rings. The quantitative estimate of drug-likeness (QED) is 0.660. The number of rotatable bonds is 2. The monoisotopic (exact) mass is 416 g/mol. The van der Waals surface area contributed by atoms with Gasteiger partial charge in [0.05, 0.1) is 10.7 Å². The van der Waals surface area contributed by atoms with E-state index in [1.54, 1.807) is 30.3 Å². The van der Waals surface area contributed by atoms with Crippen molar-refractivity contribution in [3.05, 3.63) is 62.0 Å². The van der Waals surface area contributed by atoms with Crippen LogP contribution in [-0.2, 0) is 0 Å². The highest BCUT2D eigenvalue weighted by Crippen LogP contribution is 2.25. The van der Waals surface area contributed by atoms with Crippen LogP contribution in [0, 0.1) is 6.92 Å². The van der Waals surface area contributed by atoms with Crippen LogP contribution < -0.4 is 10.6 Å². The Labute approximate surface area is 152 Å². The molecule has 0 bridgehead atoms. The molecule has 114 valence electrons. The molecule has 0 saturated heterocycles. The fraction of sp³-hybridized carbons (Fsp3) is 0.0667. The summed E-state index contributed by atoms with van der Waals surface area (Å²) in [7, 11) is 0. The van der Waals surface area contributed by atoms with E-state index in [1.807, 2.05) is 13.0 Å². The molecule has 2 rings (SSSR count). The number of hydrogen-bond donors (Lipinski definition) is 2. The van der Waals surface area contributed by atoms with Crippen LogP contribution in [0.4, 0.5) is 5.69 Å². The Balaban J connectivity index is 2.05. The number of carbonyl (C=O) groups is 1. The Kier molecular flexibility index (Phi) is 5.81. The molecule has 2 aromatic rings. The van der Waals surface area contributed by atoms with Gasteiger partial charge in [0.15, 0.2) is 5.11 Å². The smallest absolute Gasteiger partial charge is 0.257 e. The van der Waals surface area contributed by atoms with Gasteiger partial charge < -0.3 is 5.32 Å². The van der Waals surface area contributed by atoms with E-state index in [9.17, 15) is 4.79 Å². The minimum absolute atomic E-state index is 0.158. The van der Waals surface area contributed by atoms with Gasteiger partial charge in [0.25, 0.3) is 5.91 Å². The number of carbonyl (C=O) groups excluding carboxylic acids is 1. The van der Waals surface area contributed by atoms with E-state index in [0.717, 1.165) is 10.0 Å². The summed E-state index contributed by atoms with van der Waals surface area (Å²) >= 11 is 20.5. The van der Waals surface area contributed by atoms with Crippen molar-refractivity contribution in [2.45, 2.75) is 6.92 Å². The fourth-order valence-electron chi connectivity index (χ4n) is 1.65. The second-order valence-corrected chi connectivity index (χ2v) is 6.63. The maximum absolute atomic E-state index is 12.1. The fourth-order valence-corrected chi connectivity index (χ4v) is 2.76. The van der Waals surface area contributed by atoms with Crippen molar-refractivity contribution in [1.29, 1.82) is 0 Å². The molecule has 1 amide bonds. The largest absolute Gasteiger partial charge is 0.331 e. The molecule has 0 saturated carbocycles. The van der Waals surface area contributed by atoms with E-state index in [4.69, 9.17) is 35.4 Å². The topological polar surface area (TPSA) is 41.1 Å². The molecular weight excluding hydrogens is 407 g/mol. The van der Waals surface area contributed by atoms with E-state index in [2.05, 4.69) is 26.6 Å². The highest BCUT2D eigenvalue weighted by molar-refractivity contribution is 9.10. The molecule has 0 atom stereocenters. The molecule has 0 spiro atoms. The van der Waals surface area contributed by atoms with E-state index < -0.39 is 0 Å². The molecule has 3 nitrogen and oxygen atoms in total. The van der Waals surface area contributed by atoms with Gasteiger partial charge in [0.1, 0.15) is 0 Å². The normalized spacial score (nSPS) is 10.2. The van der Waals surface area contributed by atoms with Crippen molar-refractivity contribution < 1.29 is 4.79 Å². The highest BCUT2D eigenvalue weighted by atomic mass is 79.9. The second-order valence-electron chi connectivity index (χ2n) is 4.50. The number of thiocarbonyl (C=S) groups is 1. The Morgan fingerprint density at radius 2 is 1.86 bits per heavy atom. The minimum atomic E-state index is -0.340. The van der Waals surface area contributed by atoms with Crippen LogP contribution in [0.25, 0.3) is 0 Å². The molecule has 22 heavy (non-hydrogen) atoms. The molecular formula is C15H11BrCl2N2OS. The van der Waals surface area contributed by atoms with Crippen LogP contribution in [-0.4, -0.2) is 11.0 Å². The van der Waals surface area contributed by atoms with Gasteiger partial charge >= 0.3 is 0 Å². The van der Waals surface area contributed by atoms with E-state index in [0.29, 0.717) is 21.3 Å². The maximum atomic E-state index is 12.1. The summed E-state index contributed by atoms with van der Waals surface area (Å²) in [6, 6.07) is 10.4. The zero-order valence-electron chi connectivity index (χ0n) is 11.4. The molecule has 2 aromatic carbocycles. The lowest BCUT2D eigenvalue weighted by molar-refractivity contribution is 0.0977. The van der Waals surface area contributed by atoms with Gasteiger partial charge in [-0.15, -0.1) is 0 Å². The number of benzene rings is 2. The first kappa shape index (κ1) is 17.2. The van der Waals surface area contributed by atoms with Gasteiger partial charge in [-0.05, 0) is 55.0 Å². The van der Waals surface area contributed by atoms with Gasteiger partial charge in [-0.3, -0.25) is 10.1 Å². The summed E-state index contributed by atoms with van der Waals surface area (Å²) < 4.78 is 0.854. The third-order valence-corrected chi connectivity index (χ3v) is 4.26. The molecule has 0 aliphatic heterocycles. The summed E-state index contributed by atoms with van der Waals surface area (Å²) in [6.07, 6.45) is 0. The first-order valence-corrected chi connectivity index (χ1v) is 8.16. The van der Waals surface area contributed by atoms with Crippen molar-refractivity contribution >= 4 is 68.1 Å². The second kappa shape index (κ2) is 7.42. The van der Waals surface area contributed by atoms with Gasteiger partial charge in [-0.1, -0.05) is 45.2 Å². The summed E-state index contributed by atoms with van der Waals surface area (Å²) in [5, 5.41) is 6.64. The molecule has 0 aliphatic rings. The van der Waals surface area contributed by atoms with Gasteiger partial charge in [0, 0.05) is 15.1 Å². The van der Waals surface area contributed by atoms with Crippen molar-refractivity contribution in [3.63, 3.8) is 0 Å². The molecule has 0 heterocycles. The number of nitrogens with one attached hydrogen (secondary N) is 2. The van der Waals surface area contributed by atoms with E-state index in [-0.39, 0.29) is 11.0 Å². The molecule has 0 radical (unpaired) electrons. The Morgan fingerprint density at radius 3 is 2.50 bits per heavy atom. The molecule has 0 aliphatic carbocycles. The van der Waals surface area contributed by atoms with Crippen LogP contribution in [0.5, 0.6) is 0 Å². The van der Waals surface area contributed by atoms with Crippen LogP contribution in [0.2, 0.25) is 10.0 Å². The lowest BCUT2D eigenvalue weighted by Crippen LogP contribution is -2.34. The Hall–Kier alpha value is -1.14. The first-order chi connectivity index (χ1) is 10.4. The number of halogens is 3. The summed E-state index contributed by atoms with van der Waals surface area (Å²) in [5.74, 6) is -0.340. The van der Waals surface area contributed by atoms with Crippen molar-refractivity contribution in [2.24, 2.45) is 0 Å². The summed E-state index contributed by atoms with van der Waals surface area (Å²) in [4.78, 5) is 12.1. The van der Waals surface area contributed by atoms with Crippen molar-refractivity contribution in [3.8, 4) is 0 Å². The van der Waals surface area contributed by atoms with E-state index in [1.165, 1.54) is 0 Å². The molecule has 2 N–H and O–H groups in total. The SMILES string of the molecule is Cc1ccc(C(=O)NC(=S)Nc2ccc(Br)cc2Cl)cc1Cl. The van der Waals surface area contributed by atoms with E-state index >= 15 is 0 Å². The lowest BCUT2D eigenvalue weighted by atomic mass is 10.1. The zero-order valence-corrected chi connectivity index (χ0v) is 15.3. The molecule has 0 aromatic heterocycles. The minimum Gasteiger partial charge on any atom is -0.331 e. The number of anilines is 1. The maximum Gasteiger partial charge on any atom is 0.257 e. The third-order valence-electron chi connectivity index (χ3n) is 2.84. The van der Waals surface area contributed by atoms with Gasteiger partial charge in [-0.2, -0.15) is 0 Å². The van der Waals surface area contributed by atoms with Gasteiger partial charge in [-0.25, -0.2) is 0 Å². The average molecular weight is 418 g/mol. The third kappa shape index (κ3) is 4.43. The predicted octanol–water partition coefficient (Wildman–Crippen LogP) is 5.19. The van der Waals surface area contributed by atoms with Crippen molar-refractivity contribution in [2.75, 3.05) is 5.32 Å². The highest BCUT2D eigenvalue weighted by Gasteiger charge is 2.10. The Bertz CT molecular complexity index is 752. The zero-order chi connectivity index (χ0) is 16.3. The summed E-state index contributed by atoms with van der Waals surface area (Å²) in [5.41, 5.74) is 1.94.